The molecule has 5 heteroatoms. The minimum Gasteiger partial charge on any atom is -0.381 e. The quantitative estimate of drug-likeness (QED) is 0.469. The predicted molar refractivity (Wildman–Crippen MR) is 51.7 cm³/mol. The van der Waals surface area contributed by atoms with E-state index in [0.717, 1.165) is 0 Å². The van der Waals surface area contributed by atoms with Gasteiger partial charge in [0.25, 0.3) is 0 Å². The Bertz CT molecular complexity index is 253. The normalized spacial score (nSPS) is 11.1. The van der Waals surface area contributed by atoms with Gasteiger partial charge in [0.05, 0.1) is 12.4 Å². The molecule has 0 bridgehead atoms. The summed E-state index contributed by atoms with van der Waals surface area (Å²) in [5.41, 5.74) is 0. The molecule has 0 heterocycles. The zero-order chi connectivity index (χ0) is 10.2. The van der Waals surface area contributed by atoms with Crippen LogP contribution in [0.1, 0.15) is 13.3 Å². The Morgan fingerprint density at radius 2 is 2.23 bits per heavy atom. The van der Waals surface area contributed by atoms with Gasteiger partial charge in [-0.2, -0.15) is 0 Å². The molecule has 0 spiro atoms. The third kappa shape index (κ3) is 7.78. The van der Waals surface area contributed by atoms with Crippen molar-refractivity contribution in [1.82, 2.24) is 4.72 Å². The van der Waals surface area contributed by atoms with Crippen LogP contribution in [-0.4, -0.2) is 33.9 Å². The van der Waals surface area contributed by atoms with E-state index in [4.69, 9.17) is 11.2 Å². The van der Waals surface area contributed by atoms with E-state index in [1.807, 2.05) is 6.92 Å². The van der Waals surface area contributed by atoms with Gasteiger partial charge >= 0.3 is 0 Å². The highest BCUT2D eigenvalue weighted by atomic mass is 32.2. The van der Waals surface area contributed by atoms with E-state index in [1.54, 1.807) is 0 Å². The minimum absolute atomic E-state index is 0.00852. The summed E-state index contributed by atoms with van der Waals surface area (Å²) in [5, 5.41) is 0. The summed E-state index contributed by atoms with van der Waals surface area (Å²) in [6.07, 6.45) is 5.38. The lowest BCUT2D eigenvalue weighted by Gasteiger charge is -2.04. The second-order valence-electron chi connectivity index (χ2n) is 2.36. The number of ether oxygens (including phenoxy) is 1. The number of hydrogen-bond acceptors (Lipinski definition) is 3. The summed E-state index contributed by atoms with van der Waals surface area (Å²) in [6.45, 7) is 2.87. The Labute approximate surface area is 79.7 Å². The van der Waals surface area contributed by atoms with Crippen LogP contribution in [-0.2, 0) is 14.8 Å². The number of hydrogen-bond donors (Lipinski definition) is 1. The molecule has 0 aromatic heterocycles. The molecule has 0 amide bonds. The fraction of sp³-hybridized carbons (Fsp3) is 0.750. The van der Waals surface area contributed by atoms with E-state index in [0.29, 0.717) is 19.6 Å². The molecule has 0 radical (unpaired) electrons. The topological polar surface area (TPSA) is 55.4 Å². The molecule has 0 aromatic carbocycles. The predicted octanol–water partition coefficient (Wildman–Crippen LogP) is -0.0344. The van der Waals surface area contributed by atoms with Gasteiger partial charge in [-0.3, -0.25) is 0 Å². The number of terminal acetylenes is 1. The first-order chi connectivity index (χ1) is 6.12. The van der Waals surface area contributed by atoms with Gasteiger partial charge in [-0.05, 0) is 6.92 Å². The van der Waals surface area contributed by atoms with Gasteiger partial charge in [-0.1, -0.05) is 0 Å². The number of rotatable bonds is 7. The van der Waals surface area contributed by atoms with Crippen LogP contribution in [0.2, 0.25) is 0 Å². The third-order valence-electron chi connectivity index (χ3n) is 1.29. The molecular weight excluding hydrogens is 190 g/mol. The van der Waals surface area contributed by atoms with Crippen LogP contribution in [0.25, 0.3) is 0 Å². The van der Waals surface area contributed by atoms with E-state index >= 15 is 0 Å². The van der Waals surface area contributed by atoms with Gasteiger partial charge in [0.2, 0.25) is 10.0 Å². The van der Waals surface area contributed by atoms with Crippen LogP contribution < -0.4 is 4.72 Å². The summed E-state index contributed by atoms with van der Waals surface area (Å²) < 4.78 is 29.5. The lowest BCUT2D eigenvalue weighted by atomic mass is 10.5. The van der Waals surface area contributed by atoms with Gasteiger partial charge in [0.1, 0.15) is 0 Å². The van der Waals surface area contributed by atoms with Crippen molar-refractivity contribution in [3.05, 3.63) is 0 Å². The summed E-state index contributed by atoms with van der Waals surface area (Å²) in [7, 11) is -3.20. The summed E-state index contributed by atoms with van der Waals surface area (Å²) >= 11 is 0. The van der Waals surface area contributed by atoms with Gasteiger partial charge in [0, 0.05) is 19.6 Å². The lowest BCUT2D eigenvalue weighted by Crippen LogP contribution is -2.29. The maximum Gasteiger partial charge on any atom is 0.213 e. The molecule has 76 valence electrons. The van der Waals surface area contributed by atoms with E-state index in [-0.39, 0.29) is 12.4 Å². The summed E-state index contributed by atoms with van der Waals surface area (Å²) in [6, 6.07) is 0. The van der Waals surface area contributed by atoms with Gasteiger partial charge < -0.3 is 4.74 Å². The van der Waals surface area contributed by atoms with Gasteiger partial charge in [0.15, 0.2) is 0 Å². The maximum atomic E-state index is 11.1. The van der Waals surface area contributed by atoms with E-state index in [9.17, 15) is 8.42 Å². The highest BCUT2D eigenvalue weighted by Gasteiger charge is 2.07. The summed E-state index contributed by atoms with van der Waals surface area (Å²) in [5.74, 6) is 2.34. The first-order valence-electron chi connectivity index (χ1n) is 4.11. The average Bonchev–Trinajstić information content (AvgIpc) is 2.05. The van der Waals surface area contributed by atoms with Crippen molar-refractivity contribution in [3.8, 4) is 12.3 Å². The largest absolute Gasteiger partial charge is 0.381 e. The molecule has 0 saturated carbocycles. The molecule has 4 nitrogen and oxygen atoms in total. The Hall–Kier alpha value is -0.570. The molecule has 0 aromatic rings. The standard InChI is InChI=1S/C8H15NO3S/c1-3-5-6-9-13(10,11)8-7-12-4-2/h1,9H,4-8H2,2H3. The molecule has 0 aliphatic heterocycles. The molecule has 0 fully saturated rings. The smallest absolute Gasteiger partial charge is 0.213 e. The van der Waals surface area contributed by atoms with Gasteiger partial charge in [-0.15, -0.1) is 12.3 Å². The first kappa shape index (κ1) is 12.4. The molecule has 1 N–H and O–H groups in total. The Morgan fingerprint density at radius 3 is 2.77 bits per heavy atom. The Morgan fingerprint density at radius 1 is 1.54 bits per heavy atom. The molecule has 13 heavy (non-hydrogen) atoms. The zero-order valence-corrected chi connectivity index (χ0v) is 8.56. The van der Waals surface area contributed by atoms with Crippen molar-refractivity contribution in [3.63, 3.8) is 0 Å². The highest BCUT2D eigenvalue weighted by Crippen LogP contribution is 1.86. The lowest BCUT2D eigenvalue weighted by molar-refractivity contribution is 0.163. The number of nitrogens with one attached hydrogen (secondary N) is 1. The highest BCUT2D eigenvalue weighted by molar-refractivity contribution is 7.89. The van der Waals surface area contributed by atoms with Crippen LogP contribution in [0.15, 0.2) is 0 Å². The SMILES string of the molecule is C#CCCNS(=O)(=O)CCOCC. The van der Waals surface area contributed by atoms with Crippen molar-refractivity contribution in [1.29, 1.82) is 0 Å². The van der Waals surface area contributed by atoms with Crippen molar-refractivity contribution in [2.45, 2.75) is 13.3 Å². The maximum absolute atomic E-state index is 11.1. The fourth-order valence-electron chi connectivity index (χ4n) is 0.664. The van der Waals surface area contributed by atoms with Crippen LogP contribution >= 0.6 is 0 Å². The van der Waals surface area contributed by atoms with Crippen molar-refractivity contribution in [2.24, 2.45) is 0 Å². The van der Waals surface area contributed by atoms with Crippen molar-refractivity contribution in [2.75, 3.05) is 25.5 Å². The third-order valence-corrected chi connectivity index (χ3v) is 2.64. The molecule has 0 unspecified atom stereocenters. The second-order valence-corrected chi connectivity index (χ2v) is 4.29. The van der Waals surface area contributed by atoms with Crippen LogP contribution in [0.4, 0.5) is 0 Å². The van der Waals surface area contributed by atoms with Crippen molar-refractivity contribution >= 4 is 10.0 Å². The zero-order valence-electron chi connectivity index (χ0n) is 7.75. The first-order valence-corrected chi connectivity index (χ1v) is 5.76. The number of sulfonamides is 1. The Kier molecular flexibility index (Phi) is 6.59. The van der Waals surface area contributed by atoms with E-state index in [1.165, 1.54) is 0 Å². The van der Waals surface area contributed by atoms with E-state index in [2.05, 4.69) is 10.6 Å². The van der Waals surface area contributed by atoms with Crippen LogP contribution in [0, 0.1) is 12.3 Å². The molecule has 0 rings (SSSR count). The summed E-state index contributed by atoms with van der Waals surface area (Å²) in [4.78, 5) is 0. The second kappa shape index (κ2) is 6.89. The molecule has 0 atom stereocenters. The fourth-order valence-corrected chi connectivity index (χ4v) is 1.56. The van der Waals surface area contributed by atoms with Crippen LogP contribution in [0.3, 0.4) is 0 Å². The van der Waals surface area contributed by atoms with Crippen molar-refractivity contribution < 1.29 is 13.2 Å². The molecular formula is C8H15NO3S. The monoisotopic (exact) mass is 205 g/mol. The van der Waals surface area contributed by atoms with Gasteiger partial charge in [-0.25, -0.2) is 13.1 Å². The molecule has 0 aliphatic rings. The molecule has 0 saturated heterocycles. The van der Waals surface area contributed by atoms with E-state index < -0.39 is 10.0 Å². The average molecular weight is 205 g/mol. The molecule has 0 aliphatic carbocycles. The Balaban J connectivity index is 3.63. The van der Waals surface area contributed by atoms with Crippen LogP contribution in [0.5, 0.6) is 0 Å². The minimum atomic E-state index is -3.20.